The predicted octanol–water partition coefficient (Wildman–Crippen LogP) is 3.04. The van der Waals surface area contributed by atoms with Gasteiger partial charge in [0.25, 0.3) is 0 Å². The minimum Gasteiger partial charge on any atom is -0.406 e. The van der Waals surface area contributed by atoms with Crippen LogP contribution < -0.4 is 4.74 Å². The van der Waals surface area contributed by atoms with Gasteiger partial charge in [0.05, 0.1) is 9.88 Å². The maximum atomic E-state index is 10.9. The van der Waals surface area contributed by atoms with Crippen LogP contribution in [0.3, 0.4) is 0 Å². The first-order valence-electron chi connectivity index (χ1n) is 4.88. The molecule has 0 amide bonds. The number of carbonyl (C=O) groups is 1. The van der Waals surface area contributed by atoms with E-state index in [0.29, 0.717) is 5.88 Å². The Morgan fingerprint density at radius 2 is 2.00 bits per heavy atom. The predicted molar refractivity (Wildman–Crippen MR) is 63.6 cm³/mol. The van der Waals surface area contributed by atoms with E-state index in [9.17, 15) is 4.79 Å². The molecule has 0 radical (unpaired) electrons. The highest BCUT2D eigenvalue weighted by Crippen LogP contribution is 2.35. The Hall–Kier alpha value is -1.68. The summed E-state index contributed by atoms with van der Waals surface area (Å²) in [4.78, 5) is 16.0. The van der Waals surface area contributed by atoms with Crippen molar-refractivity contribution in [2.45, 2.75) is 13.8 Å². The Morgan fingerprint density at radius 3 is 2.62 bits per heavy atom. The number of nitrogens with zero attached hydrogens (tertiary/aromatic N) is 1. The Morgan fingerprint density at radius 1 is 1.31 bits per heavy atom. The highest BCUT2D eigenvalue weighted by molar-refractivity contribution is 7.15. The van der Waals surface area contributed by atoms with Gasteiger partial charge in [-0.1, -0.05) is 30.3 Å². The zero-order valence-corrected chi connectivity index (χ0v) is 9.88. The van der Waals surface area contributed by atoms with Crippen molar-refractivity contribution in [1.82, 2.24) is 4.98 Å². The summed E-state index contributed by atoms with van der Waals surface area (Å²) in [5.41, 5.74) is 1.02. The Bertz CT molecular complexity index is 505. The number of aryl methyl sites for hydroxylation is 1. The van der Waals surface area contributed by atoms with Crippen molar-refractivity contribution in [3.63, 3.8) is 0 Å². The average molecular weight is 233 g/mol. The molecule has 2 aromatic rings. The third-order valence-corrected chi connectivity index (χ3v) is 2.98. The zero-order valence-electron chi connectivity index (χ0n) is 9.06. The summed E-state index contributed by atoms with van der Waals surface area (Å²) in [5, 5.41) is 0.884. The van der Waals surface area contributed by atoms with Crippen molar-refractivity contribution in [3.8, 4) is 16.3 Å². The topological polar surface area (TPSA) is 39.2 Å². The first-order valence-corrected chi connectivity index (χ1v) is 5.70. The van der Waals surface area contributed by atoms with E-state index < -0.39 is 0 Å². The van der Waals surface area contributed by atoms with E-state index in [1.807, 2.05) is 37.3 Å². The molecule has 0 atom stereocenters. The van der Waals surface area contributed by atoms with Crippen LogP contribution in [0.4, 0.5) is 0 Å². The lowest BCUT2D eigenvalue weighted by Crippen LogP contribution is -2.02. The van der Waals surface area contributed by atoms with Gasteiger partial charge in [0.1, 0.15) is 0 Å². The standard InChI is InChI=1S/C12H11NO2S/c1-8-13-12(15-9(2)14)11(16-8)10-6-4-3-5-7-10/h3-7H,1-2H3. The average Bonchev–Trinajstić information content (AvgIpc) is 2.60. The molecule has 0 N–H and O–H groups in total. The van der Waals surface area contributed by atoms with Crippen molar-refractivity contribution in [2.24, 2.45) is 0 Å². The highest BCUT2D eigenvalue weighted by atomic mass is 32.1. The molecule has 1 heterocycles. The van der Waals surface area contributed by atoms with Crippen LogP contribution in [0.2, 0.25) is 0 Å². The van der Waals surface area contributed by atoms with Gasteiger partial charge in [-0.15, -0.1) is 11.3 Å². The first-order chi connectivity index (χ1) is 7.66. The fourth-order valence-electron chi connectivity index (χ4n) is 1.39. The number of ether oxygens (including phenoxy) is 1. The van der Waals surface area contributed by atoms with Crippen LogP contribution in [0.25, 0.3) is 10.4 Å². The van der Waals surface area contributed by atoms with E-state index in [-0.39, 0.29) is 5.97 Å². The lowest BCUT2D eigenvalue weighted by Gasteiger charge is -2.00. The molecule has 1 aromatic heterocycles. The van der Waals surface area contributed by atoms with Crippen molar-refractivity contribution in [3.05, 3.63) is 35.3 Å². The fraction of sp³-hybridized carbons (Fsp3) is 0.167. The molecule has 0 aliphatic rings. The first kappa shape index (κ1) is 10.8. The second-order valence-electron chi connectivity index (χ2n) is 3.33. The highest BCUT2D eigenvalue weighted by Gasteiger charge is 2.13. The molecule has 2 rings (SSSR count). The molecule has 3 nitrogen and oxygen atoms in total. The molecular formula is C12H11NO2S. The summed E-state index contributed by atoms with van der Waals surface area (Å²) in [7, 11) is 0. The largest absolute Gasteiger partial charge is 0.406 e. The summed E-state index contributed by atoms with van der Waals surface area (Å²) in [6.07, 6.45) is 0. The van der Waals surface area contributed by atoms with Gasteiger partial charge in [0.15, 0.2) is 0 Å². The van der Waals surface area contributed by atoms with Gasteiger partial charge in [-0.05, 0) is 12.5 Å². The third kappa shape index (κ3) is 2.28. The van der Waals surface area contributed by atoms with Crippen LogP contribution in [0, 0.1) is 6.92 Å². The van der Waals surface area contributed by atoms with Crippen molar-refractivity contribution in [2.75, 3.05) is 0 Å². The zero-order chi connectivity index (χ0) is 11.5. The van der Waals surface area contributed by atoms with Crippen LogP contribution in [0.15, 0.2) is 30.3 Å². The molecule has 0 spiro atoms. The molecule has 4 heteroatoms. The molecule has 0 bridgehead atoms. The molecule has 0 aliphatic carbocycles. The second kappa shape index (κ2) is 4.45. The molecule has 16 heavy (non-hydrogen) atoms. The molecule has 82 valence electrons. The van der Waals surface area contributed by atoms with Gasteiger partial charge in [0.2, 0.25) is 5.88 Å². The smallest absolute Gasteiger partial charge is 0.309 e. The van der Waals surface area contributed by atoms with E-state index in [0.717, 1.165) is 15.4 Å². The molecule has 0 aliphatic heterocycles. The fourth-order valence-corrected chi connectivity index (χ4v) is 2.24. The van der Waals surface area contributed by atoms with Crippen LogP contribution in [0.5, 0.6) is 5.88 Å². The number of hydrogen-bond acceptors (Lipinski definition) is 4. The minimum atomic E-state index is -0.345. The maximum absolute atomic E-state index is 10.9. The number of hydrogen-bond donors (Lipinski definition) is 0. The number of rotatable bonds is 2. The van der Waals surface area contributed by atoms with Gasteiger partial charge in [-0.2, -0.15) is 0 Å². The van der Waals surface area contributed by atoms with Crippen LogP contribution in [-0.2, 0) is 4.79 Å². The summed E-state index contributed by atoms with van der Waals surface area (Å²) in [6, 6.07) is 9.78. The Kier molecular flexibility index (Phi) is 3.01. The van der Waals surface area contributed by atoms with Gasteiger partial charge in [-0.3, -0.25) is 4.79 Å². The number of thiazole rings is 1. The van der Waals surface area contributed by atoms with Gasteiger partial charge in [-0.25, -0.2) is 4.98 Å². The SMILES string of the molecule is CC(=O)Oc1nc(C)sc1-c1ccccc1. The van der Waals surface area contributed by atoms with Crippen molar-refractivity contribution >= 4 is 17.3 Å². The Labute approximate surface area is 97.7 Å². The normalized spacial score (nSPS) is 10.1. The van der Waals surface area contributed by atoms with Crippen LogP contribution in [0.1, 0.15) is 11.9 Å². The molecule has 0 saturated carbocycles. The summed E-state index contributed by atoms with van der Waals surface area (Å²) in [6.45, 7) is 3.27. The summed E-state index contributed by atoms with van der Waals surface area (Å²) < 4.78 is 5.08. The van der Waals surface area contributed by atoms with Crippen LogP contribution in [-0.4, -0.2) is 11.0 Å². The number of benzene rings is 1. The number of aromatic nitrogens is 1. The van der Waals surface area contributed by atoms with E-state index in [2.05, 4.69) is 4.98 Å². The van der Waals surface area contributed by atoms with Gasteiger partial charge in [0, 0.05) is 6.92 Å². The van der Waals surface area contributed by atoms with Crippen LogP contribution >= 0.6 is 11.3 Å². The third-order valence-electron chi connectivity index (χ3n) is 1.98. The lowest BCUT2D eigenvalue weighted by atomic mass is 10.2. The van der Waals surface area contributed by atoms with Crippen molar-refractivity contribution in [1.29, 1.82) is 0 Å². The molecular weight excluding hydrogens is 222 g/mol. The minimum absolute atomic E-state index is 0.345. The maximum Gasteiger partial charge on any atom is 0.309 e. The van der Waals surface area contributed by atoms with Gasteiger partial charge < -0.3 is 4.74 Å². The second-order valence-corrected chi connectivity index (χ2v) is 4.53. The Balaban J connectivity index is 2.44. The van der Waals surface area contributed by atoms with E-state index in [1.54, 1.807) is 0 Å². The summed E-state index contributed by atoms with van der Waals surface area (Å²) >= 11 is 1.52. The quantitative estimate of drug-likeness (QED) is 0.748. The van der Waals surface area contributed by atoms with E-state index >= 15 is 0 Å². The van der Waals surface area contributed by atoms with E-state index in [4.69, 9.17) is 4.74 Å². The van der Waals surface area contributed by atoms with Crippen molar-refractivity contribution < 1.29 is 9.53 Å². The number of esters is 1. The summed E-state index contributed by atoms with van der Waals surface area (Å²) in [5.74, 6) is 0.0590. The van der Waals surface area contributed by atoms with E-state index in [1.165, 1.54) is 18.3 Å². The lowest BCUT2D eigenvalue weighted by molar-refractivity contribution is -0.132. The molecule has 0 fully saturated rings. The molecule has 0 unspecified atom stereocenters. The van der Waals surface area contributed by atoms with Gasteiger partial charge >= 0.3 is 5.97 Å². The molecule has 0 saturated heterocycles. The number of carbonyl (C=O) groups excluding carboxylic acids is 1. The molecule has 1 aromatic carbocycles. The monoisotopic (exact) mass is 233 g/mol.